The highest BCUT2D eigenvalue weighted by Gasteiger charge is 2.13. The SMILES string of the molecule is Nc1nc2nc(CN3CCCNCC3)[nH]c2c(=O)[nH]1. The Bertz CT molecular complexity index is 623. The summed E-state index contributed by atoms with van der Waals surface area (Å²) in [5.41, 5.74) is 5.99. The van der Waals surface area contributed by atoms with E-state index >= 15 is 0 Å². The summed E-state index contributed by atoms with van der Waals surface area (Å²) in [4.78, 5) is 27.8. The van der Waals surface area contributed by atoms with E-state index < -0.39 is 0 Å². The minimum Gasteiger partial charge on any atom is -0.369 e. The second-order valence-corrected chi connectivity index (χ2v) is 4.71. The number of imidazole rings is 1. The van der Waals surface area contributed by atoms with Gasteiger partial charge in [0.05, 0.1) is 6.54 Å². The number of nitrogen functional groups attached to an aromatic ring is 1. The van der Waals surface area contributed by atoms with E-state index in [2.05, 4.69) is 30.2 Å². The number of fused-ring (bicyclic) bond motifs is 1. The normalized spacial score (nSPS) is 17.7. The molecule has 1 fully saturated rings. The molecule has 0 atom stereocenters. The maximum atomic E-state index is 11.7. The summed E-state index contributed by atoms with van der Waals surface area (Å²) in [5.74, 6) is 0.843. The Morgan fingerprint density at radius 1 is 1.21 bits per heavy atom. The van der Waals surface area contributed by atoms with Crippen molar-refractivity contribution in [2.24, 2.45) is 0 Å². The number of aromatic nitrogens is 4. The number of nitrogens with zero attached hydrogens (tertiary/aromatic N) is 3. The van der Waals surface area contributed by atoms with Crippen LogP contribution in [0, 0.1) is 0 Å². The second-order valence-electron chi connectivity index (χ2n) is 4.71. The first-order chi connectivity index (χ1) is 9.22. The number of aromatic amines is 2. The van der Waals surface area contributed by atoms with E-state index in [4.69, 9.17) is 5.73 Å². The van der Waals surface area contributed by atoms with Crippen molar-refractivity contribution in [1.29, 1.82) is 0 Å². The van der Waals surface area contributed by atoms with E-state index in [1.54, 1.807) is 0 Å². The van der Waals surface area contributed by atoms with Crippen molar-refractivity contribution >= 4 is 17.1 Å². The number of rotatable bonds is 2. The average molecular weight is 263 g/mol. The van der Waals surface area contributed by atoms with Gasteiger partial charge in [0.2, 0.25) is 5.95 Å². The Balaban J connectivity index is 1.85. The maximum absolute atomic E-state index is 11.7. The van der Waals surface area contributed by atoms with Crippen molar-refractivity contribution in [1.82, 2.24) is 30.2 Å². The smallest absolute Gasteiger partial charge is 0.278 e. The molecule has 1 saturated heterocycles. The van der Waals surface area contributed by atoms with Gasteiger partial charge in [-0.1, -0.05) is 0 Å². The lowest BCUT2D eigenvalue weighted by Gasteiger charge is -2.17. The molecule has 3 heterocycles. The van der Waals surface area contributed by atoms with E-state index in [0.717, 1.165) is 38.4 Å². The first kappa shape index (κ1) is 12.1. The number of hydrogen-bond donors (Lipinski definition) is 4. The first-order valence-corrected chi connectivity index (χ1v) is 6.40. The van der Waals surface area contributed by atoms with Gasteiger partial charge >= 0.3 is 0 Å². The molecule has 0 aliphatic carbocycles. The van der Waals surface area contributed by atoms with Gasteiger partial charge in [0.15, 0.2) is 11.2 Å². The van der Waals surface area contributed by atoms with Crippen molar-refractivity contribution in [2.45, 2.75) is 13.0 Å². The van der Waals surface area contributed by atoms with Crippen molar-refractivity contribution in [3.63, 3.8) is 0 Å². The van der Waals surface area contributed by atoms with E-state index in [0.29, 0.717) is 17.7 Å². The zero-order valence-electron chi connectivity index (χ0n) is 10.6. The molecule has 0 bridgehead atoms. The van der Waals surface area contributed by atoms with Gasteiger partial charge < -0.3 is 16.0 Å². The van der Waals surface area contributed by atoms with Crippen LogP contribution in [-0.2, 0) is 6.54 Å². The van der Waals surface area contributed by atoms with Gasteiger partial charge in [-0.05, 0) is 19.5 Å². The van der Waals surface area contributed by atoms with Crippen LogP contribution in [0.2, 0.25) is 0 Å². The van der Waals surface area contributed by atoms with Gasteiger partial charge in [-0.2, -0.15) is 4.98 Å². The van der Waals surface area contributed by atoms with Crippen LogP contribution >= 0.6 is 0 Å². The summed E-state index contributed by atoms with van der Waals surface area (Å²) in [7, 11) is 0. The Kier molecular flexibility index (Phi) is 3.18. The largest absolute Gasteiger partial charge is 0.369 e. The van der Waals surface area contributed by atoms with Crippen molar-refractivity contribution in [2.75, 3.05) is 31.9 Å². The summed E-state index contributed by atoms with van der Waals surface area (Å²) >= 11 is 0. The minimum atomic E-state index is -0.279. The molecule has 1 aliphatic rings. The van der Waals surface area contributed by atoms with Crippen LogP contribution in [0.4, 0.5) is 5.95 Å². The molecule has 5 N–H and O–H groups in total. The Hall–Kier alpha value is -1.93. The van der Waals surface area contributed by atoms with Crippen LogP contribution in [0.15, 0.2) is 4.79 Å². The molecule has 2 aromatic heterocycles. The molecule has 19 heavy (non-hydrogen) atoms. The molecule has 8 heteroatoms. The molecule has 2 aromatic rings. The molecule has 0 spiro atoms. The average Bonchev–Trinajstić information content (AvgIpc) is 2.58. The molecule has 8 nitrogen and oxygen atoms in total. The van der Waals surface area contributed by atoms with Gasteiger partial charge in [-0.3, -0.25) is 14.7 Å². The lowest BCUT2D eigenvalue weighted by Crippen LogP contribution is -2.28. The number of nitrogens with two attached hydrogens (primary N) is 1. The highest BCUT2D eigenvalue weighted by molar-refractivity contribution is 5.70. The van der Waals surface area contributed by atoms with E-state index in [1.165, 1.54) is 0 Å². The monoisotopic (exact) mass is 263 g/mol. The minimum absolute atomic E-state index is 0.0922. The van der Waals surface area contributed by atoms with Gasteiger partial charge in [0.25, 0.3) is 5.56 Å². The molecule has 0 saturated carbocycles. The number of H-pyrrole nitrogens is 2. The standard InChI is InChI=1S/C11H17N7O/c12-11-16-9-8(10(19)17-11)14-7(15-9)6-18-4-1-2-13-3-5-18/h13H,1-6H2,(H4,12,14,15,16,17,19). The van der Waals surface area contributed by atoms with Gasteiger partial charge in [-0.25, -0.2) is 4.98 Å². The zero-order valence-corrected chi connectivity index (χ0v) is 10.6. The molecular formula is C11H17N7O. The summed E-state index contributed by atoms with van der Waals surface area (Å²) < 4.78 is 0. The Morgan fingerprint density at radius 3 is 3.00 bits per heavy atom. The summed E-state index contributed by atoms with van der Waals surface area (Å²) in [5, 5.41) is 3.35. The van der Waals surface area contributed by atoms with Crippen molar-refractivity contribution in [3.05, 3.63) is 16.2 Å². The summed E-state index contributed by atoms with van der Waals surface area (Å²) in [6.07, 6.45) is 1.12. The molecule has 0 radical (unpaired) electrons. The third-order valence-electron chi connectivity index (χ3n) is 3.23. The fraction of sp³-hybridized carbons (Fsp3) is 0.545. The second kappa shape index (κ2) is 4.98. The third kappa shape index (κ3) is 2.59. The van der Waals surface area contributed by atoms with Crippen LogP contribution < -0.4 is 16.6 Å². The lowest BCUT2D eigenvalue weighted by molar-refractivity contribution is 0.278. The van der Waals surface area contributed by atoms with Crippen molar-refractivity contribution in [3.8, 4) is 0 Å². The predicted octanol–water partition coefficient (Wildman–Crippen LogP) is -0.976. The third-order valence-corrected chi connectivity index (χ3v) is 3.23. The molecular weight excluding hydrogens is 246 g/mol. The van der Waals surface area contributed by atoms with Crippen LogP contribution in [0.1, 0.15) is 12.2 Å². The van der Waals surface area contributed by atoms with E-state index in [-0.39, 0.29) is 11.5 Å². The molecule has 1 aliphatic heterocycles. The number of nitrogens with one attached hydrogen (secondary N) is 3. The van der Waals surface area contributed by atoms with E-state index in [1.807, 2.05) is 0 Å². The number of hydrogen-bond acceptors (Lipinski definition) is 6. The molecule has 0 aromatic carbocycles. The van der Waals surface area contributed by atoms with Crippen LogP contribution in [0.25, 0.3) is 11.2 Å². The Morgan fingerprint density at radius 2 is 2.11 bits per heavy atom. The molecule has 102 valence electrons. The number of anilines is 1. The molecule has 0 unspecified atom stereocenters. The molecule has 3 rings (SSSR count). The fourth-order valence-electron chi connectivity index (χ4n) is 2.32. The predicted molar refractivity (Wildman–Crippen MR) is 71.7 cm³/mol. The Labute approximate surface area is 109 Å². The first-order valence-electron chi connectivity index (χ1n) is 6.40. The highest BCUT2D eigenvalue weighted by atomic mass is 16.1. The maximum Gasteiger partial charge on any atom is 0.278 e. The van der Waals surface area contributed by atoms with Gasteiger partial charge in [0.1, 0.15) is 5.82 Å². The topological polar surface area (TPSA) is 116 Å². The fourth-order valence-corrected chi connectivity index (χ4v) is 2.32. The zero-order chi connectivity index (χ0) is 13.2. The van der Waals surface area contributed by atoms with E-state index in [9.17, 15) is 4.79 Å². The van der Waals surface area contributed by atoms with Gasteiger partial charge in [0, 0.05) is 13.1 Å². The summed E-state index contributed by atoms with van der Waals surface area (Å²) in [6, 6.07) is 0. The van der Waals surface area contributed by atoms with Crippen molar-refractivity contribution < 1.29 is 0 Å². The van der Waals surface area contributed by atoms with Gasteiger partial charge in [-0.15, -0.1) is 0 Å². The van der Waals surface area contributed by atoms with Crippen LogP contribution in [0.3, 0.4) is 0 Å². The summed E-state index contributed by atoms with van der Waals surface area (Å²) in [6.45, 7) is 4.72. The lowest BCUT2D eigenvalue weighted by atomic mass is 10.4. The highest BCUT2D eigenvalue weighted by Crippen LogP contribution is 2.08. The van der Waals surface area contributed by atoms with Crippen LogP contribution in [0.5, 0.6) is 0 Å². The quantitative estimate of drug-likeness (QED) is 0.553. The molecule has 0 amide bonds. The van der Waals surface area contributed by atoms with Crippen LogP contribution in [-0.4, -0.2) is 51.0 Å².